The van der Waals surface area contributed by atoms with Crippen molar-refractivity contribution < 1.29 is 9.53 Å². The largest absolute Gasteiger partial charge is 0.481 e. The van der Waals surface area contributed by atoms with Crippen LogP contribution in [0.2, 0.25) is 5.02 Å². The fourth-order valence-corrected chi connectivity index (χ4v) is 1.90. The van der Waals surface area contributed by atoms with Gasteiger partial charge in [0.1, 0.15) is 5.75 Å². The molecule has 1 aromatic heterocycles. The van der Waals surface area contributed by atoms with Crippen LogP contribution in [0.1, 0.15) is 12.5 Å². The topological polar surface area (TPSA) is 51.2 Å². The molecule has 0 saturated heterocycles. The Hall–Kier alpha value is -2.07. The molecular formula is C15H15ClN2O2. The zero-order chi connectivity index (χ0) is 14.5. The van der Waals surface area contributed by atoms with E-state index in [0.29, 0.717) is 16.5 Å². The Bertz CT molecular complexity index is 602. The van der Waals surface area contributed by atoms with Crippen molar-refractivity contribution in [3.63, 3.8) is 0 Å². The average molecular weight is 291 g/mol. The Morgan fingerprint density at radius 3 is 2.85 bits per heavy atom. The van der Waals surface area contributed by atoms with Gasteiger partial charge in [-0.25, -0.2) is 0 Å². The molecule has 2 aromatic rings. The molecule has 0 aliphatic carbocycles. The maximum atomic E-state index is 12.0. The maximum Gasteiger partial charge on any atom is 0.265 e. The molecule has 1 unspecified atom stereocenters. The number of carbonyl (C=O) groups excluding carboxylic acids is 1. The Morgan fingerprint density at radius 1 is 1.40 bits per heavy atom. The predicted octanol–water partition coefficient (Wildman–Crippen LogP) is 3.45. The molecule has 104 valence electrons. The minimum absolute atomic E-state index is 0.229. The molecule has 0 fully saturated rings. The number of anilines is 1. The van der Waals surface area contributed by atoms with Crippen LogP contribution >= 0.6 is 11.6 Å². The summed E-state index contributed by atoms with van der Waals surface area (Å²) in [6, 6.07) is 8.80. The van der Waals surface area contributed by atoms with Gasteiger partial charge in [-0.05, 0) is 49.7 Å². The monoisotopic (exact) mass is 290 g/mol. The third-order valence-electron chi connectivity index (χ3n) is 2.74. The van der Waals surface area contributed by atoms with Gasteiger partial charge in [0.25, 0.3) is 5.91 Å². The maximum absolute atomic E-state index is 12.0. The fraction of sp³-hybridized carbons (Fsp3) is 0.200. The number of halogens is 1. The van der Waals surface area contributed by atoms with Crippen LogP contribution in [0.4, 0.5) is 5.69 Å². The van der Waals surface area contributed by atoms with Crippen LogP contribution in [0.25, 0.3) is 0 Å². The highest BCUT2D eigenvalue weighted by Crippen LogP contribution is 2.23. The molecule has 4 nitrogen and oxygen atoms in total. The minimum atomic E-state index is -0.616. The lowest BCUT2D eigenvalue weighted by Crippen LogP contribution is -2.30. The molecule has 5 heteroatoms. The molecule has 0 radical (unpaired) electrons. The molecule has 1 N–H and O–H groups in total. The molecule has 0 aliphatic rings. The Balaban J connectivity index is 2.00. The molecular weight excluding hydrogens is 276 g/mol. The first kappa shape index (κ1) is 14.3. The lowest BCUT2D eigenvalue weighted by atomic mass is 10.2. The van der Waals surface area contributed by atoms with E-state index >= 15 is 0 Å². The lowest BCUT2D eigenvalue weighted by molar-refractivity contribution is -0.122. The zero-order valence-corrected chi connectivity index (χ0v) is 12.0. The summed E-state index contributed by atoms with van der Waals surface area (Å²) >= 11 is 5.88. The molecule has 0 saturated carbocycles. The summed E-state index contributed by atoms with van der Waals surface area (Å²) in [7, 11) is 0. The highest BCUT2D eigenvalue weighted by atomic mass is 35.5. The number of nitrogens with zero attached hydrogens (tertiary/aromatic N) is 1. The van der Waals surface area contributed by atoms with Gasteiger partial charge in [0.05, 0.1) is 11.9 Å². The van der Waals surface area contributed by atoms with E-state index in [4.69, 9.17) is 16.3 Å². The molecule has 1 aromatic carbocycles. The minimum Gasteiger partial charge on any atom is -0.481 e. The normalized spacial score (nSPS) is 11.8. The summed E-state index contributed by atoms with van der Waals surface area (Å²) in [6.45, 7) is 3.58. The second kappa shape index (κ2) is 6.39. The van der Waals surface area contributed by atoms with Crippen molar-refractivity contribution >= 4 is 23.2 Å². The van der Waals surface area contributed by atoms with Crippen molar-refractivity contribution in [3.05, 3.63) is 53.3 Å². The van der Waals surface area contributed by atoms with E-state index in [1.807, 2.05) is 6.92 Å². The average Bonchev–Trinajstić information content (AvgIpc) is 2.43. The van der Waals surface area contributed by atoms with E-state index in [1.165, 1.54) is 0 Å². The van der Waals surface area contributed by atoms with Gasteiger partial charge < -0.3 is 10.1 Å². The van der Waals surface area contributed by atoms with E-state index in [1.54, 1.807) is 49.6 Å². The van der Waals surface area contributed by atoms with E-state index in [2.05, 4.69) is 10.3 Å². The van der Waals surface area contributed by atoms with Crippen LogP contribution < -0.4 is 10.1 Å². The number of benzene rings is 1. The third kappa shape index (κ3) is 3.71. The highest BCUT2D eigenvalue weighted by Gasteiger charge is 2.15. The summed E-state index contributed by atoms with van der Waals surface area (Å²) < 4.78 is 5.64. The molecule has 2 rings (SSSR count). The van der Waals surface area contributed by atoms with Crippen molar-refractivity contribution in [2.24, 2.45) is 0 Å². The number of hydrogen-bond donors (Lipinski definition) is 1. The third-order valence-corrected chi connectivity index (χ3v) is 2.97. The fourth-order valence-electron chi connectivity index (χ4n) is 1.67. The number of ether oxygens (including phenoxy) is 1. The van der Waals surface area contributed by atoms with Crippen LogP contribution in [-0.2, 0) is 4.79 Å². The number of aryl methyl sites for hydroxylation is 1. The van der Waals surface area contributed by atoms with Gasteiger partial charge >= 0.3 is 0 Å². The lowest BCUT2D eigenvalue weighted by Gasteiger charge is -2.16. The van der Waals surface area contributed by atoms with Gasteiger partial charge in [-0.15, -0.1) is 0 Å². The number of hydrogen-bond acceptors (Lipinski definition) is 3. The van der Waals surface area contributed by atoms with Crippen LogP contribution in [0, 0.1) is 6.92 Å². The first-order valence-corrected chi connectivity index (χ1v) is 6.58. The number of rotatable bonds is 4. The van der Waals surface area contributed by atoms with Gasteiger partial charge in [0.15, 0.2) is 6.10 Å². The second-order valence-electron chi connectivity index (χ2n) is 4.40. The molecule has 0 aliphatic heterocycles. The van der Waals surface area contributed by atoms with Gasteiger partial charge in [0.2, 0.25) is 0 Å². The Kier molecular flexibility index (Phi) is 4.58. The van der Waals surface area contributed by atoms with Gasteiger partial charge in [-0.2, -0.15) is 0 Å². The van der Waals surface area contributed by atoms with Crippen LogP contribution in [0.15, 0.2) is 42.7 Å². The quantitative estimate of drug-likeness (QED) is 0.938. The summed E-state index contributed by atoms with van der Waals surface area (Å²) in [5, 5.41) is 3.38. The van der Waals surface area contributed by atoms with Crippen LogP contribution in [0.3, 0.4) is 0 Å². The SMILES string of the molecule is Cc1cc(Cl)ccc1OC(C)C(=O)Nc1cccnc1. The molecule has 1 amide bonds. The van der Waals surface area contributed by atoms with Crippen LogP contribution in [0.5, 0.6) is 5.75 Å². The van der Waals surface area contributed by atoms with E-state index < -0.39 is 6.10 Å². The van der Waals surface area contributed by atoms with Crippen molar-refractivity contribution in [1.82, 2.24) is 4.98 Å². The number of pyridine rings is 1. The highest BCUT2D eigenvalue weighted by molar-refractivity contribution is 6.30. The van der Waals surface area contributed by atoms with Crippen molar-refractivity contribution in [1.29, 1.82) is 0 Å². The molecule has 0 spiro atoms. The molecule has 1 heterocycles. The van der Waals surface area contributed by atoms with Gasteiger partial charge in [0, 0.05) is 11.2 Å². The summed E-state index contributed by atoms with van der Waals surface area (Å²) in [5.74, 6) is 0.413. The van der Waals surface area contributed by atoms with Crippen molar-refractivity contribution in [3.8, 4) is 5.75 Å². The van der Waals surface area contributed by atoms with Crippen molar-refractivity contribution in [2.45, 2.75) is 20.0 Å². The summed E-state index contributed by atoms with van der Waals surface area (Å²) in [4.78, 5) is 15.9. The predicted molar refractivity (Wildman–Crippen MR) is 79.1 cm³/mol. The number of amides is 1. The van der Waals surface area contributed by atoms with Gasteiger partial charge in [-0.1, -0.05) is 11.6 Å². The second-order valence-corrected chi connectivity index (χ2v) is 4.84. The van der Waals surface area contributed by atoms with E-state index in [-0.39, 0.29) is 5.91 Å². The summed E-state index contributed by atoms with van der Waals surface area (Å²) in [5.41, 5.74) is 1.53. The first-order chi connectivity index (χ1) is 9.56. The van der Waals surface area contributed by atoms with E-state index in [9.17, 15) is 4.79 Å². The number of aromatic nitrogens is 1. The standard InChI is InChI=1S/C15H15ClN2O2/c1-10-8-12(16)5-6-14(10)20-11(2)15(19)18-13-4-3-7-17-9-13/h3-9,11H,1-2H3,(H,18,19). The molecule has 1 atom stereocenters. The molecule has 20 heavy (non-hydrogen) atoms. The molecule has 0 bridgehead atoms. The number of carbonyl (C=O) groups is 1. The first-order valence-electron chi connectivity index (χ1n) is 6.20. The smallest absolute Gasteiger partial charge is 0.265 e. The van der Waals surface area contributed by atoms with Crippen LogP contribution in [-0.4, -0.2) is 17.0 Å². The Labute approximate surface area is 122 Å². The Morgan fingerprint density at radius 2 is 2.20 bits per heavy atom. The summed E-state index contributed by atoms with van der Waals surface area (Å²) in [6.07, 6.45) is 2.61. The van der Waals surface area contributed by atoms with Crippen molar-refractivity contribution in [2.75, 3.05) is 5.32 Å². The number of nitrogens with one attached hydrogen (secondary N) is 1. The van der Waals surface area contributed by atoms with E-state index in [0.717, 1.165) is 5.56 Å². The van der Waals surface area contributed by atoms with Gasteiger partial charge in [-0.3, -0.25) is 9.78 Å². The zero-order valence-electron chi connectivity index (χ0n) is 11.3.